The Labute approximate surface area is 143 Å². The van der Waals surface area contributed by atoms with Gasteiger partial charge in [-0.1, -0.05) is 6.07 Å². The molecule has 0 unspecified atom stereocenters. The highest BCUT2D eigenvalue weighted by atomic mass is 16.5. The predicted molar refractivity (Wildman–Crippen MR) is 93.4 cm³/mol. The molecule has 0 spiro atoms. The molecule has 0 radical (unpaired) electrons. The molecule has 0 atom stereocenters. The Bertz CT molecular complexity index is 682. The SMILES string of the molecule is COc1ccc(CN(CCO)Cc2c(C)nn(C)c2C)c(OC)c1. The van der Waals surface area contributed by atoms with Crippen LogP contribution in [0.25, 0.3) is 0 Å². The van der Waals surface area contributed by atoms with Gasteiger partial charge in [0.1, 0.15) is 11.5 Å². The maximum absolute atomic E-state index is 9.43. The third kappa shape index (κ3) is 4.07. The van der Waals surface area contributed by atoms with Crippen LogP contribution < -0.4 is 9.47 Å². The Morgan fingerprint density at radius 1 is 1.17 bits per heavy atom. The summed E-state index contributed by atoms with van der Waals surface area (Å²) in [6, 6.07) is 5.81. The van der Waals surface area contributed by atoms with Crippen molar-refractivity contribution in [1.82, 2.24) is 14.7 Å². The van der Waals surface area contributed by atoms with Gasteiger partial charge in [-0.2, -0.15) is 5.10 Å². The van der Waals surface area contributed by atoms with E-state index in [2.05, 4.69) is 16.9 Å². The molecule has 6 nitrogen and oxygen atoms in total. The monoisotopic (exact) mass is 333 g/mol. The summed E-state index contributed by atoms with van der Waals surface area (Å²) in [6.07, 6.45) is 0. The number of methoxy groups -OCH3 is 2. The Hall–Kier alpha value is -2.05. The molecule has 0 aliphatic rings. The number of hydrogen-bond acceptors (Lipinski definition) is 5. The second kappa shape index (κ2) is 8.17. The molecule has 132 valence electrons. The van der Waals surface area contributed by atoms with E-state index in [1.54, 1.807) is 14.2 Å². The molecule has 0 bridgehead atoms. The van der Waals surface area contributed by atoms with Crippen molar-refractivity contribution in [1.29, 1.82) is 0 Å². The Morgan fingerprint density at radius 2 is 1.92 bits per heavy atom. The van der Waals surface area contributed by atoms with E-state index >= 15 is 0 Å². The lowest BCUT2D eigenvalue weighted by molar-refractivity contribution is 0.182. The van der Waals surface area contributed by atoms with Gasteiger partial charge in [-0.05, 0) is 19.9 Å². The molecule has 6 heteroatoms. The maximum atomic E-state index is 9.43. The first-order valence-electron chi connectivity index (χ1n) is 8.03. The smallest absolute Gasteiger partial charge is 0.127 e. The van der Waals surface area contributed by atoms with Gasteiger partial charge in [0.15, 0.2) is 0 Å². The first kappa shape index (κ1) is 18.3. The van der Waals surface area contributed by atoms with Crippen molar-refractivity contribution in [3.05, 3.63) is 40.7 Å². The van der Waals surface area contributed by atoms with E-state index in [0.29, 0.717) is 13.1 Å². The van der Waals surface area contributed by atoms with Gasteiger partial charge in [-0.25, -0.2) is 0 Å². The standard InChI is InChI=1S/C18H27N3O3/c1-13-17(14(2)20(3)19-13)12-21(8-9-22)11-15-6-7-16(23-4)10-18(15)24-5/h6-7,10,22H,8-9,11-12H2,1-5H3. The number of hydrogen-bond donors (Lipinski definition) is 1. The Balaban J connectivity index is 2.22. The summed E-state index contributed by atoms with van der Waals surface area (Å²) in [5.41, 5.74) is 4.45. The van der Waals surface area contributed by atoms with Crippen LogP contribution >= 0.6 is 0 Å². The molecule has 2 rings (SSSR count). The molecule has 0 aliphatic heterocycles. The molecular formula is C18H27N3O3. The normalized spacial score (nSPS) is 11.1. The van der Waals surface area contributed by atoms with Crippen LogP contribution in [-0.4, -0.2) is 47.2 Å². The maximum Gasteiger partial charge on any atom is 0.127 e. The molecule has 0 aliphatic carbocycles. The van der Waals surface area contributed by atoms with Crippen LogP contribution in [0.1, 0.15) is 22.5 Å². The number of nitrogens with zero attached hydrogens (tertiary/aromatic N) is 3. The van der Waals surface area contributed by atoms with Crippen LogP contribution in [0.5, 0.6) is 11.5 Å². The zero-order chi connectivity index (χ0) is 17.7. The fraction of sp³-hybridized carbons (Fsp3) is 0.500. The fourth-order valence-corrected chi connectivity index (χ4v) is 2.85. The van der Waals surface area contributed by atoms with Gasteiger partial charge in [0.25, 0.3) is 0 Å². The van der Waals surface area contributed by atoms with Crippen molar-refractivity contribution in [2.45, 2.75) is 26.9 Å². The molecule has 1 aromatic heterocycles. The zero-order valence-corrected chi connectivity index (χ0v) is 15.2. The number of benzene rings is 1. The van der Waals surface area contributed by atoms with Crippen LogP contribution in [0.4, 0.5) is 0 Å². The minimum Gasteiger partial charge on any atom is -0.497 e. The van der Waals surface area contributed by atoms with Crippen LogP contribution in [-0.2, 0) is 20.1 Å². The van der Waals surface area contributed by atoms with Crippen molar-refractivity contribution < 1.29 is 14.6 Å². The number of aliphatic hydroxyl groups is 1. The predicted octanol–water partition coefficient (Wildman–Crippen LogP) is 2.05. The quantitative estimate of drug-likeness (QED) is 0.801. The largest absolute Gasteiger partial charge is 0.497 e. The second-order valence-corrected chi connectivity index (χ2v) is 5.89. The summed E-state index contributed by atoms with van der Waals surface area (Å²) in [6.45, 7) is 6.20. The molecule has 0 saturated heterocycles. The lowest BCUT2D eigenvalue weighted by Crippen LogP contribution is -2.26. The average molecular weight is 333 g/mol. The molecule has 0 saturated carbocycles. The van der Waals surface area contributed by atoms with E-state index in [-0.39, 0.29) is 6.61 Å². The number of aromatic nitrogens is 2. The van der Waals surface area contributed by atoms with E-state index in [4.69, 9.17) is 9.47 Å². The molecule has 0 amide bonds. The highest BCUT2D eigenvalue weighted by Crippen LogP contribution is 2.26. The van der Waals surface area contributed by atoms with Gasteiger partial charge in [0.2, 0.25) is 0 Å². The minimum atomic E-state index is 0.108. The minimum absolute atomic E-state index is 0.108. The second-order valence-electron chi connectivity index (χ2n) is 5.89. The lowest BCUT2D eigenvalue weighted by Gasteiger charge is -2.23. The summed E-state index contributed by atoms with van der Waals surface area (Å²) in [7, 11) is 5.25. The van der Waals surface area contributed by atoms with Crippen molar-refractivity contribution in [3.8, 4) is 11.5 Å². The van der Waals surface area contributed by atoms with Crippen LogP contribution in [0.15, 0.2) is 18.2 Å². The number of aryl methyl sites for hydroxylation is 2. The summed E-state index contributed by atoms with van der Waals surface area (Å²) < 4.78 is 12.6. The first-order chi connectivity index (χ1) is 11.5. The van der Waals surface area contributed by atoms with Crippen LogP contribution in [0, 0.1) is 13.8 Å². The van der Waals surface area contributed by atoms with E-state index in [0.717, 1.165) is 35.0 Å². The van der Waals surface area contributed by atoms with Gasteiger partial charge >= 0.3 is 0 Å². The Morgan fingerprint density at radius 3 is 2.46 bits per heavy atom. The number of aliphatic hydroxyl groups excluding tert-OH is 1. The van der Waals surface area contributed by atoms with Crippen molar-refractivity contribution in [2.24, 2.45) is 7.05 Å². The Kier molecular flexibility index (Phi) is 6.23. The summed E-state index contributed by atoms with van der Waals surface area (Å²) in [4.78, 5) is 2.20. The van der Waals surface area contributed by atoms with Gasteiger partial charge in [0.05, 0.1) is 26.5 Å². The summed E-state index contributed by atoms with van der Waals surface area (Å²) >= 11 is 0. The highest BCUT2D eigenvalue weighted by Gasteiger charge is 2.16. The molecular weight excluding hydrogens is 306 g/mol. The molecule has 1 aromatic carbocycles. The zero-order valence-electron chi connectivity index (χ0n) is 15.2. The summed E-state index contributed by atoms with van der Waals surface area (Å²) in [5, 5.41) is 13.9. The van der Waals surface area contributed by atoms with E-state index in [1.807, 2.05) is 36.9 Å². The highest BCUT2D eigenvalue weighted by molar-refractivity contribution is 5.40. The van der Waals surface area contributed by atoms with Gasteiger partial charge < -0.3 is 14.6 Å². The molecule has 1 N–H and O–H groups in total. The van der Waals surface area contributed by atoms with Gasteiger partial charge in [0, 0.05) is 49.6 Å². The van der Waals surface area contributed by atoms with Crippen molar-refractivity contribution in [3.63, 3.8) is 0 Å². The summed E-state index contributed by atoms with van der Waals surface area (Å²) in [5.74, 6) is 1.56. The molecule has 24 heavy (non-hydrogen) atoms. The topological polar surface area (TPSA) is 59.8 Å². The molecule has 1 heterocycles. The van der Waals surface area contributed by atoms with E-state index in [1.165, 1.54) is 5.56 Å². The number of rotatable bonds is 8. The van der Waals surface area contributed by atoms with Gasteiger partial charge in [-0.15, -0.1) is 0 Å². The number of ether oxygens (including phenoxy) is 2. The fourth-order valence-electron chi connectivity index (χ4n) is 2.85. The third-order valence-corrected chi connectivity index (χ3v) is 4.35. The molecule has 0 fully saturated rings. The first-order valence-corrected chi connectivity index (χ1v) is 8.03. The van der Waals surface area contributed by atoms with Crippen molar-refractivity contribution in [2.75, 3.05) is 27.4 Å². The van der Waals surface area contributed by atoms with Crippen LogP contribution in [0.2, 0.25) is 0 Å². The van der Waals surface area contributed by atoms with Gasteiger partial charge in [-0.3, -0.25) is 9.58 Å². The van der Waals surface area contributed by atoms with Crippen LogP contribution in [0.3, 0.4) is 0 Å². The average Bonchev–Trinajstić information content (AvgIpc) is 2.81. The molecule has 2 aromatic rings. The third-order valence-electron chi connectivity index (χ3n) is 4.35. The van der Waals surface area contributed by atoms with Crippen molar-refractivity contribution >= 4 is 0 Å². The van der Waals surface area contributed by atoms with E-state index in [9.17, 15) is 5.11 Å². The lowest BCUT2D eigenvalue weighted by atomic mass is 10.1. The van der Waals surface area contributed by atoms with E-state index < -0.39 is 0 Å².